The topological polar surface area (TPSA) is 34.1 Å². The first-order valence-corrected chi connectivity index (χ1v) is 5.93. The van der Waals surface area contributed by atoms with Crippen molar-refractivity contribution in [3.8, 4) is 0 Å². The quantitative estimate of drug-likeness (QED) is 0.627. The first kappa shape index (κ1) is 12.8. The summed E-state index contributed by atoms with van der Waals surface area (Å²) in [5, 5.41) is 0.358. The summed E-state index contributed by atoms with van der Waals surface area (Å²) in [5.74, 6) is -0.315. The molecule has 0 saturated carbocycles. The highest BCUT2D eigenvalue weighted by Gasteiger charge is 2.18. The minimum Gasteiger partial charge on any atom is -0.298 e. The molecule has 18 heavy (non-hydrogen) atoms. The van der Waals surface area contributed by atoms with Crippen LogP contribution in [0.15, 0.2) is 42.5 Å². The van der Waals surface area contributed by atoms with Crippen molar-refractivity contribution in [2.75, 3.05) is 0 Å². The Morgan fingerprint density at radius 2 is 1.67 bits per heavy atom. The molecule has 0 saturated heterocycles. The van der Waals surface area contributed by atoms with Gasteiger partial charge in [-0.1, -0.05) is 53.5 Å². The predicted molar refractivity (Wildman–Crippen MR) is 71.7 cm³/mol. The normalized spacial score (nSPS) is 10.1. The van der Waals surface area contributed by atoms with Gasteiger partial charge in [0.1, 0.15) is 0 Å². The highest BCUT2D eigenvalue weighted by molar-refractivity contribution is 6.44. The number of halogens is 2. The van der Waals surface area contributed by atoms with Gasteiger partial charge in [-0.25, -0.2) is 0 Å². The monoisotopic (exact) mass is 278 g/mol. The maximum absolute atomic E-state index is 12.3. The van der Waals surface area contributed by atoms with Crippen LogP contribution in [-0.2, 0) is 0 Å². The summed E-state index contributed by atoms with van der Waals surface area (Å²) < 4.78 is 0. The summed E-state index contributed by atoms with van der Waals surface area (Å²) in [6.45, 7) is 0. The van der Waals surface area contributed by atoms with Gasteiger partial charge in [0, 0.05) is 11.1 Å². The summed E-state index contributed by atoms with van der Waals surface area (Å²) in [6.07, 6.45) is 0.596. The van der Waals surface area contributed by atoms with Gasteiger partial charge >= 0.3 is 0 Å². The van der Waals surface area contributed by atoms with Crippen LogP contribution in [-0.4, -0.2) is 12.1 Å². The Labute approximate surface area is 114 Å². The molecule has 2 aromatic carbocycles. The maximum atomic E-state index is 12.3. The van der Waals surface area contributed by atoms with E-state index in [0.29, 0.717) is 11.8 Å². The molecule has 2 nitrogen and oxygen atoms in total. The number of carbonyl (C=O) groups is 2. The molecule has 0 spiro atoms. The van der Waals surface area contributed by atoms with Crippen LogP contribution in [0.5, 0.6) is 0 Å². The molecule has 4 heteroatoms. The zero-order valence-corrected chi connectivity index (χ0v) is 10.7. The minimum atomic E-state index is -0.315. The van der Waals surface area contributed by atoms with E-state index in [1.807, 2.05) is 0 Å². The molecule has 2 aromatic rings. The molecule has 2 rings (SSSR count). The van der Waals surface area contributed by atoms with E-state index in [4.69, 9.17) is 23.2 Å². The van der Waals surface area contributed by atoms with Crippen molar-refractivity contribution in [2.45, 2.75) is 0 Å². The fourth-order valence-electron chi connectivity index (χ4n) is 1.63. The lowest BCUT2D eigenvalue weighted by molar-refractivity contribution is 0.102. The molecule has 0 radical (unpaired) electrons. The number of ketones is 1. The third-order valence-electron chi connectivity index (χ3n) is 2.52. The number of hydrogen-bond acceptors (Lipinski definition) is 2. The Balaban J connectivity index is 2.61. The molecular formula is C14H8Cl2O2. The van der Waals surface area contributed by atoms with E-state index in [0.717, 1.165) is 0 Å². The van der Waals surface area contributed by atoms with Crippen LogP contribution in [0.2, 0.25) is 10.0 Å². The summed E-state index contributed by atoms with van der Waals surface area (Å²) >= 11 is 11.9. The van der Waals surface area contributed by atoms with E-state index >= 15 is 0 Å². The minimum absolute atomic E-state index is 0.107. The molecule has 0 N–H and O–H groups in total. The zero-order chi connectivity index (χ0) is 13.1. The van der Waals surface area contributed by atoms with Crippen molar-refractivity contribution in [1.29, 1.82) is 0 Å². The lowest BCUT2D eigenvalue weighted by Crippen LogP contribution is -2.06. The molecular weight excluding hydrogens is 271 g/mol. The van der Waals surface area contributed by atoms with Crippen LogP contribution >= 0.6 is 23.2 Å². The van der Waals surface area contributed by atoms with Crippen molar-refractivity contribution in [3.05, 3.63) is 69.2 Å². The fraction of sp³-hybridized carbons (Fsp3) is 0. The van der Waals surface area contributed by atoms with Crippen LogP contribution in [0.1, 0.15) is 26.3 Å². The van der Waals surface area contributed by atoms with Crippen molar-refractivity contribution in [2.24, 2.45) is 0 Å². The van der Waals surface area contributed by atoms with Crippen molar-refractivity contribution < 1.29 is 9.59 Å². The van der Waals surface area contributed by atoms with Crippen molar-refractivity contribution >= 4 is 35.3 Å². The molecule has 0 amide bonds. The lowest BCUT2D eigenvalue weighted by Gasteiger charge is -2.08. The van der Waals surface area contributed by atoms with E-state index in [9.17, 15) is 9.59 Å². The third-order valence-corrected chi connectivity index (χ3v) is 3.32. The number of benzene rings is 2. The molecule has 90 valence electrons. The number of carbonyl (C=O) groups excluding carboxylic acids is 2. The Morgan fingerprint density at radius 1 is 1.00 bits per heavy atom. The largest absolute Gasteiger partial charge is 0.298 e. The first-order valence-electron chi connectivity index (χ1n) is 5.18. The van der Waals surface area contributed by atoms with Gasteiger partial charge < -0.3 is 0 Å². The Hall–Kier alpha value is -1.64. The van der Waals surface area contributed by atoms with Crippen LogP contribution in [0.25, 0.3) is 0 Å². The smallest absolute Gasteiger partial charge is 0.195 e. The van der Waals surface area contributed by atoms with Gasteiger partial charge in [0.05, 0.1) is 15.6 Å². The summed E-state index contributed by atoms with van der Waals surface area (Å²) in [6, 6.07) is 11.6. The molecule has 0 fully saturated rings. The maximum Gasteiger partial charge on any atom is 0.195 e. The molecule has 0 aromatic heterocycles. The highest BCUT2D eigenvalue weighted by atomic mass is 35.5. The fourth-order valence-corrected chi connectivity index (χ4v) is 2.04. The van der Waals surface area contributed by atoms with Crippen molar-refractivity contribution in [1.82, 2.24) is 0 Å². The highest BCUT2D eigenvalue weighted by Crippen LogP contribution is 2.29. The van der Waals surface area contributed by atoms with Gasteiger partial charge in [-0.15, -0.1) is 0 Å². The molecule has 0 heterocycles. The molecule has 0 atom stereocenters. The molecule has 0 unspecified atom stereocenters. The summed E-state index contributed by atoms with van der Waals surface area (Å²) in [5.41, 5.74) is 0.841. The van der Waals surface area contributed by atoms with Crippen LogP contribution in [0.3, 0.4) is 0 Å². The second kappa shape index (κ2) is 5.34. The Morgan fingerprint density at radius 3 is 2.28 bits per heavy atom. The van der Waals surface area contributed by atoms with E-state index in [2.05, 4.69) is 0 Å². The number of rotatable bonds is 3. The van der Waals surface area contributed by atoms with E-state index in [1.54, 1.807) is 30.3 Å². The predicted octanol–water partition coefficient (Wildman–Crippen LogP) is 4.04. The van der Waals surface area contributed by atoms with Crippen LogP contribution < -0.4 is 0 Å². The number of aldehydes is 1. The van der Waals surface area contributed by atoms with Gasteiger partial charge in [0.15, 0.2) is 12.1 Å². The molecule has 0 bridgehead atoms. The standard InChI is InChI=1S/C14H8Cl2O2/c15-11-7-6-10(8-17)12(13(11)16)14(18)9-4-2-1-3-5-9/h1-8H. The average Bonchev–Trinajstić information content (AvgIpc) is 2.42. The van der Waals surface area contributed by atoms with Gasteiger partial charge in [0.2, 0.25) is 0 Å². The van der Waals surface area contributed by atoms with Crippen LogP contribution in [0.4, 0.5) is 0 Å². The summed E-state index contributed by atoms with van der Waals surface area (Å²) in [4.78, 5) is 23.3. The second-order valence-corrected chi connectivity index (χ2v) is 4.42. The zero-order valence-electron chi connectivity index (χ0n) is 9.19. The average molecular weight is 279 g/mol. The van der Waals surface area contributed by atoms with Gasteiger partial charge in [-0.2, -0.15) is 0 Å². The lowest BCUT2D eigenvalue weighted by atomic mass is 9.99. The second-order valence-electron chi connectivity index (χ2n) is 3.64. The Kier molecular flexibility index (Phi) is 3.80. The van der Waals surface area contributed by atoms with E-state index < -0.39 is 0 Å². The van der Waals surface area contributed by atoms with Gasteiger partial charge in [0.25, 0.3) is 0 Å². The van der Waals surface area contributed by atoms with Gasteiger partial charge in [-0.3, -0.25) is 9.59 Å². The van der Waals surface area contributed by atoms with Gasteiger partial charge in [-0.05, 0) is 12.1 Å². The number of hydrogen-bond donors (Lipinski definition) is 0. The molecule has 0 aliphatic rings. The first-order chi connectivity index (χ1) is 8.65. The SMILES string of the molecule is O=Cc1ccc(Cl)c(Cl)c1C(=O)c1ccccc1. The van der Waals surface area contributed by atoms with E-state index in [1.165, 1.54) is 12.1 Å². The molecule has 0 aliphatic carbocycles. The molecule has 0 aliphatic heterocycles. The van der Waals surface area contributed by atoms with Crippen LogP contribution in [0, 0.1) is 0 Å². The Bertz CT molecular complexity index is 607. The third kappa shape index (κ3) is 2.30. The summed E-state index contributed by atoms with van der Waals surface area (Å²) in [7, 11) is 0. The van der Waals surface area contributed by atoms with Crippen molar-refractivity contribution in [3.63, 3.8) is 0 Å². The van der Waals surface area contributed by atoms with E-state index in [-0.39, 0.29) is 27.0 Å².